The molecule has 72 valence electrons. The Morgan fingerprint density at radius 3 is 2.83 bits per heavy atom. The Labute approximate surface area is 74.9 Å². The summed E-state index contributed by atoms with van der Waals surface area (Å²) in [5, 5.41) is 0. The third kappa shape index (κ3) is 2.19. The number of hydrogen-bond acceptors (Lipinski definition) is 3. The molecule has 0 amide bonds. The van der Waals surface area contributed by atoms with Gasteiger partial charge in [0.1, 0.15) is 0 Å². The van der Waals surface area contributed by atoms with Gasteiger partial charge in [-0.15, -0.1) is 0 Å². The summed E-state index contributed by atoms with van der Waals surface area (Å²) in [6.45, 7) is 9.07. The summed E-state index contributed by atoms with van der Waals surface area (Å²) in [6, 6.07) is 0.992. The standard InChI is InChI=1S/C9H20N2O/c1-7(4-10)11-5-9(3)12-6-8(11)2/h7-9H,4-6,10H2,1-3H3. The Morgan fingerprint density at radius 2 is 2.25 bits per heavy atom. The zero-order valence-corrected chi connectivity index (χ0v) is 8.29. The van der Waals surface area contributed by atoms with Gasteiger partial charge in [-0.1, -0.05) is 0 Å². The molecule has 12 heavy (non-hydrogen) atoms. The van der Waals surface area contributed by atoms with Crippen LogP contribution >= 0.6 is 0 Å². The van der Waals surface area contributed by atoms with Crippen LogP contribution in [0.1, 0.15) is 20.8 Å². The number of nitrogens with zero attached hydrogens (tertiary/aromatic N) is 1. The highest BCUT2D eigenvalue weighted by Gasteiger charge is 2.26. The van der Waals surface area contributed by atoms with Crippen LogP contribution in [0.2, 0.25) is 0 Å². The lowest BCUT2D eigenvalue weighted by Crippen LogP contribution is -2.53. The molecule has 1 heterocycles. The Hall–Kier alpha value is -0.120. The molecule has 1 aliphatic rings. The molecule has 3 nitrogen and oxygen atoms in total. The molecule has 0 spiro atoms. The van der Waals surface area contributed by atoms with Gasteiger partial charge < -0.3 is 10.5 Å². The molecule has 0 aromatic carbocycles. The van der Waals surface area contributed by atoms with Gasteiger partial charge >= 0.3 is 0 Å². The smallest absolute Gasteiger partial charge is 0.0674 e. The molecule has 2 N–H and O–H groups in total. The molecule has 3 unspecified atom stereocenters. The molecule has 0 aromatic rings. The van der Waals surface area contributed by atoms with E-state index in [0.717, 1.165) is 19.7 Å². The molecular formula is C9H20N2O. The van der Waals surface area contributed by atoms with Crippen LogP contribution in [-0.4, -0.2) is 42.8 Å². The molecular weight excluding hydrogens is 152 g/mol. The Morgan fingerprint density at radius 1 is 1.58 bits per heavy atom. The van der Waals surface area contributed by atoms with Crippen LogP contribution in [0.15, 0.2) is 0 Å². The van der Waals surface area contributed by atoms with Gasteiger partial charge in [-0.25, -0.2) is 0 Å². The maximum Gasteiger partial charge on any atom is 0.0674 e. The van der Waals surface area contributed by atoms with Crippen molar-refractivity contribution in [3.63, 3.8) is 0 Å². The molecule has 3 heteroatoms. The van der Waals surface area contributed by atoms with Crippen LogP contribution in [0.25, 0.3) is 0 Å². The normalized spacial score (nSPS) is 35.0. The minimum absolute atomic E-state index is 0.357. The van der Waals surface area contributed by atoms with Crippen molar-refractivity contribution in [3.8, 4) is 0 Å². The highest BCUT2D eigenvalue weighted by molar-refractivity contribution is 4.79. The molecule has 3 atom stereocenters. The van der Waals surface area contributed by atoms with Crippen molar-refractivity contribution in [2.24, 2.45) is 5.73 Å². The first kappa shape index (κ1) is 9.96. The number of nitrogens with two attached hydrogens (primary N) is 1. The summed E-state index contributed by atoms with van der Waals surface area (Å²) in [7, 11) is 0. The van der Waals surface area contributed by atoms with Gasteiger partial charge in [-0.2, -0.15) is 0 Å². The van der Waals surface area contributed by atoms with Gasteiger partial charge in [-0.05, 0) is 20.8 Å². The van der Waals surface area contributed by atoms with E-state index in [0.29, 0.717) is 18.2 Å². The second-order valence-corrected chi connectivity index (χ2v) is 3.77. The van der Waals surface area contributed by atoms with Crippen molar-refractivity contribution in [3.05, 3.63) is 0 Å². The van der Waals surface area contributed by atoms with Crippen molar-refractivity contribution in [1.82, 2.24) is 4.90 Å². The van der Waals surface area contributed by atoms with Crippen LogP contribution in [0.5, 0.6) is 0 Å². The summed E-state index contributed by atoms with van der Waals surface area (Å²) in [4.78, 5) is 2.42. The summed E-state index contributed by atoms with van der Waals surface area (Å²) in [5.41, 5.74) is 5.63. The van der Waals surface area contributed by atoms with E-state index >= 15 is 0 Å². The van der Waals surface area contributed by atoms with Crippen LogP contribution in [0.3, 0.4) is 0 Å². The fourth-order valence-corrected chi connectivity index (χ4v) is 1.68. The lowest BCUT2D eigenvalue weighted by atomic mass is 10.1. The predicted octanol–water partition coefficient (Wildman–Crippen LogP) is 0.443. The Bertz CT molecular complexity index is 136. The van der Waals surface area contributed by atoms with Crippen molar-refractivity contribution in [1.29, 1.82) is 0 Å². The quantitative estimate of drug-likeness (QED) is 0.657. The maximum atomic E-state index is 5.63. The Balaban J connectivity index is 2.48. The third-order valence-electron chi connectivity index (χ3n) is 2.56. The molecule has 0 aromatic heterocycles. The van der Waals surface area contributed by atoms with E-state index in [-0.39, 0.29) is 0 Å². The molecule has 0 saturated carbocycles. The topological polar surface area (TPSA) is 38.5 Å². The molecule has 1 aliphatic heterocycles. The molecule has 0 bridgehead atoms. The van der Waals surface area contributed by atoms with E-state index < -0.39 is 0 Å². The lowest BCUT2D eigenvalue weighted by Gasteiger charge is -2.40. The highest BCUT2D eigenvalue weighted by atomic mass is 16.5. The first-order valence-electron chi connectivity index (χ1n) is 4.72. The lowest BCUT2D eigenvalue weighted by molar-refractivity contribution is -0.0619. The molecule has 0 aliphatic carbocycles. The first-order valence-corrected chi connectivity index (χ1v) is 4.72. The second kappa shape index (κ2) is 4.21. The fourth-order valence-electron chi connectivity index (χ4n) is 1.68. The molecule has 1 rings (SSSR count). The second-order valence-electron chi connectivity index (χ2n) is 3.77. The number of rotatable bonds is 2. The summed E-state index contributed by atoms with van der Waals surface area (Å²) in [5.74, 6) is 0. The predicted molar refractivity (Wildman–Crippen MR) is 50.1 cm³/mol. The number of hydrogen-bond donors (Lipinski definition) is 1. The molecule has 1 saturated heterocycles. The van der Waals surface area contributed by atoms with Crippen LogP contribution in [0.4, 0.5) is 0 Å². The van der Waals surface area contributed by atoms with E-state index in [1.807, 2.05) is 0 Å². The zero-order valence-electron chi connectivity index (χ0n) is 8.29. The third-order valence-corrected chi connectivity index (χ3v) is 2.56. The highest BCUT2D eigenvalue weighted by Crippen LogP contribution is 2.13. The fraction of sp³-hybridized carbons (Fsp3) is 1.00. The monoisotopic (exact) mass is 172 g/mol. The average molecular weight is 172 g/mol. The van der Waals surface area contributed by atoms with Gasteiger partial charge in [0, 0.05) is 25.2 Å². The van der Waals surface area contributed by atoms with Gasteiger partial charge in [0.2, 0.25) is 0 Å². The van der Waals surface area contributed by atoms with E-state index in [9.17, 15) is 0 Å². The first-order chi connectivity index (χ1) is 5.65. The average Bonchev–Trinajstić information content (AvgIpc) is 2.08. The van der Waals surface area contributed by atoms with Crippen molar-refractivity contribution >= 4 is 0 Å². The minimum atomic E-state index is 0.357. The number of ether oxygens (including phenoxy) is 1. The van der Waals surface area contributed by atoms with Gasteiger partial charge in [0.05, 0.1) is 12.7 Å². The minimum Gasteiger partial charge on any atom is -0.376 e. The van der Waals surface area contributed by atoms with Crippen LogP contribution < -0.4 is 5.73 Å². The van der Waals surface area contributed by atoms with Crippen molar-refractivity contribution < 1.29 is 4.74 Å². The molecule has 1 fully saturated rings. The Kier molecular flexibility index (Phi) is 3.50. The van der Waals surface area contributed by atoms with Gasteiger partial charge in [0.15, 0.2) is 0 Å². The molecule has 0 radical (unpaired) electrons. The van der Waals surface area contributed by atoms with Crippen LogP contribution in [0, 0.1) is 0 Å². The van der Waals surface area contributed by atoms with Gasteiger partial charge in [-0.3, -0.25) is 4.90 Å². The summed E-state index contributed by atoms with van der Waals surface area (Å²) >= 11 is 0. The largest absolute Gasteiger partial charge is 0.376 e. The van der Waals surface area contributed by atoms with Crippen molar-refractivity contribution in [2.45, 2.75) is 39.0 Å². The van der Waals surface area contributed by atoms with E-state index in [1.54, 1.807) is 0 Å². The van der Waals surface area contributed by atoms with E-state index in [4.69, 9.17) is 10.5 Å². The number of morpholine rings is 1. The van der Waals surface area contributed by atoms with Gasteiger partial charge in [0.25, 0.3) is 0 Å². The van der Waals surface area contributed by atoms with E-state index in [1.165, 1.54) is 0 Å². The van der Waals surface area contributed by atoms with Crippen molar-refractivity contribution in [2.75, 3.05) is 19.7 Å². The maximum absolute atomic E-state index is 5.63. The SMILES string of the molecule is CC1CN(C(C)CN)C(C)CO1. The summed E-state index contributed by atoms with van der Waals surface area (Å²) < 4.78 is 5.53. The van der Waals surface area contributed by atoms with Crippen LogP contribution in [-0.2, 0) is 4.74 Å². The zero-order chi connectivity index (χ0) is 9.14. The summed E-state index contributed by atoms with van der Waals surface area (Å²) in [6.07, 6.45) is 0.357. The van der Waals surface area contributed by atoms with E-state index in [2.05, 4.69) is 25.7 Å².